The van der Waals surface area contributed by atoms with Crippen molar-refractivity contribution < 1.29 is 14.4 Å². The summed E-state index contributed by atoms with van der Waals surface area (Å²) < 4.78 is 4.94. The number of aliphatic hydroxyl groups is 1. The van der Waals surface area contributed by atoms with Crippen molar-refractivity contribution in [2.45, 2.75) is 0 Å². The lowest BCUT2D eigenvalue weighted by atomic mass is 10.5. The van der Waals surface area contributed by atoms with Gasteiger partial charge in [-0.25, -0.2) is 5.01 Å². The number of hydrogen-bond acceptors (Lipinski definition) is 6. The molecule has 2 rings (SSSR count). The monoisotopic (exact) mass is 284 g/mol. The van der Waals surface area contributed by atoms with Gasteiger partial charge in [0.15, 0.2) is 10.9 Å². The van der Waals surface area contributed by atoms with E-state index in [9.17, 15) is 10.1 Å². The molecule has 0 aliphatic carbocycles. The normalized spacial score (nSPS) is 15.7. The van der Waals surface area contributed by atoms with Gasteiger partial charge in [0.1, 0.15) is 4.92 Å². The van der Waals surface area contributed by atoms with E-state index in [1.807, 2.05) is 4.90 Å². The molecule has 1 N–H and O–H groups in total. The number of nitro groups is 1. The Kier molecular flexibility index (Phi) is 4.07. The molecular weight excluding hydrogens is 272 g/mol. The molecule has 1 aliphatic heterocycles. The zero-order chi connectivity index (χ0) is 13.8. The molecule has 0 bridgehead atoms. The number of β-amino-alcohol motifs (C(OH)–C–C–N with tert-alkyl or cyclic N) is 1. The first-order chi connectivity index (χ1) is 9.11. The molecule has 0 unspecified atom stereocenters. The molecule has 0 saturated carbocycles. The standard InChI is InChI=1S/C10H12N4O4S/c15-6-5-12-3-4-13(10(12)19)11-7-8-1-2-9(18-8)14(16)17/h1-2,7,15H,3-6H2/b11-7-. The van der Waals surface area contributed by atoms with Gasteiger partial charge in [-0.1, -0.05) is 0 Å². The molecule has 9 heteroatoms. The highest BCUT2D eigenvalue weighted by molar-refractivity contribution is 7.80. The third-order valence-corrected chi connectivity index (χ3v) is 3.03. The van der Waals surface area contributed by atoms with Crippen molar-refractivity contribution >= 4 is 29.4 Å². The number of hydrogen-bond donors (Lipinski definition) is 1. The minimum atomic E-state index is -0.610. The fraction of sp³-hybridized carbons (Fsp3) is 0.400. The lowest BCUT2D eigenvalue weighted by Crippen LogP contribution is -2.31. The first-order valence-corrected chi connectivity index (χ1v) is 5.98. The third kappa shape index (κ3) is 3.06. The number of rotatable bonds is 5. The van der Waals surface area contributed by atoms with Crippen molar-refractivity contribution in [2.24, 2.45) is 5.10 Å². The van der Waals surface area contributed by atoms with Crippen LogP contribution in [-0.2, 0) is 0 Å². The third-order valence-electron chi connectivity index (χ3n) is 2.56. The van der Waals surface area contributed by atoms with Crippen molar-refractivity contribution in [3.8, 4) is 0 Å². The minimum Gasteiger partial charge on any atom is -0.400 e. The molecule has 0 amide bonds. The van der Waals surface area contributed by atoms with E-state index < -0.39 is 4.92 Å². The number of aliphatic hydroxyl groups excluding tert-OH is 1. The van der Waals surface area contributed by atoms with Crippen LogP contribution in [0.15, 0.2) is 21.7 Å². The molecule has 1 aromatic rings. The van der Waals surface area contributed by atoms with Crippen LogP contribution in [0.2, 0.25) is 0 Å². The Labute approximate surface area is 114 Å². The molecule has 0 aromatic carbocycles. The molecule has 1 fully saturated rings. The molecule has 1 aliphatic rings. The van der Waals surface area contributed by atoms with Crippen molar-refractivity contribution in [3.05, 3.63) is 28.0 Å². The molecule has 8 nitrogen and oxygen atoms in total. The lowest BCUT2D eigenvalue weighted by Gasteiger charge is -2.16. The average molecular weight is 284 g/mol. The highest BCUT2D eigenvalue weighted by atomic mass is 32.1. The average Bonchev–Trinajstić information content (AvgIpc) is 2.97. The van der Waals surface area contributed by atoms with Gasteiger partial charge in [0, 0.05) is 13.1 Å². The summed E-state index contributed by atoms with van der Waals surface area (Å²) in [6.45, 7) is 1.80. The Morgan fingerprint density at radius 3 is 3.00 bits per heavy atom. The Morgan fingerprint density at radius 1 is 1.58 bits per heavy atom. The van der Waals surface area contributed by atoms with E-state index >= 15 is 0 Å². The van der Waals surface area contributed by atoms with Gasteiger partial charge in [-0.05, 0) is 18.3 Å². The van der Waals surface area contributed by atoms with Crippen LogP contribution >= 0.6 is 12.2 Å². The van der Waals surface area contributed by atoms with Crippen molar-refractivity contribution in [2.75, 3.05) is 26.2 Å². The van der Waals surface area contributed by atoms with Crippen molar-refractivity contribution in [3.63, 3.8) is 0 Å². The Bertz CT molecular complexity index is 515. The van der Waals surface area contributed by atoms with Crippen molar-refractivity contribution in [1.82, 2.24) is 9.91 Å². The van der Waals surface area contributed by atoms with Gasteiger partial charge < -0.3 is 14.4 Å². The zero-order valence-electron chi connectivity index (χ0n) is 9.93. The van der Waals surface area contributed by atoms with E-state index in [0.717, 1.165) is 0 Å². The van der Waals surface area contributed by atoms with Crippen LogP contribution in [0.4, 0.5) is 5.88 Å². The maximum Gasteiger partial charge on any atom is 0.433 e. The predicted molar refractivity (Wildman–Crippen MR) is 70.9 cm³/mol. The minimum absolute atomic E-state index is 0.0298. The van der Waals surface area contributed by atoms with Crippen LogP contribution in [0.1, 0.15) is 5.76 Å². The quantitative estimate of drug-likeness (QED) is 0.362. The number of furan rings is 1. The summed E-state index contributed by atoms with van der Waals surface area (Å²) in [4.78, 5) is 11.7. The summed E-state index contributed by atoms with van der Waals surface area (Å²) in [7, 11) is 0. The smallest absolute Gasteiger partial charge is 0.400 e. The second-order valence-electron chi connectivity index (χ2n) is 3.79. The molecule has 1 aromatic heterocycles. The maximum absolute atomic E-state index is 10.4. The van der Waals surface area contributed by atoms with E-state index in [0.29, 0.717) is 24.7 Å². The topological polar surface area (TPSA) is 95.4 Å². The van der Waals surface area contributed by atoms with E-state index in [1.54, 1.807) is 5.01 Å². The highest BCUT2D eigenvalue weighted by Crippen LogP contribution is 2.15. The lowest BCUT2D eigenvalue weighted by molar-refractivity contribution is -0.402. The summed E-state index contributed by atoms with van der Waals surface area (Å²) >= 11 is 5.18. The van der Waals surface area contributed by atoms with Crippen LogP contribution in [0.5, 0.6) is 0 Å². The fourth-order valence-electron chi connectivity index (χ4n) is 1.64. The summed E-state index contributed by atoms with van der Waals surface area (Å²) in [5, 5.41) is 25.5. The van der Waals surface area contributed by atoms with E-state index in [1.165, 1.54) is 18.3 Å². The van der Waals surface area contributed by atoms with Gasteiger partial charge in [0.05, 0.1) is 25.4 Å². The first kappa shape index (κ1) is 13.4. The van der Waals surface area contributed by atoms with Gasteiger partial charge in [-0.15, -0.1) is 0 Å². The van der Waals surface area contributed by atoms with Crippen LogP contribution in [0, 0.1) is 10.1 Å². The van der Waals surface area contributed by atoms with Crippen LogP contribution < -0.4 is 0 Å². The maximum atomic E-state index is 10.4. The van der Waals surface area contributed by atoms with Gasteiger partial charge in [-0.3, -0.25) is 10.1 Å². The number of nitrogens with zero attached hydrogens (tertiary/aromatic N) is 4. The van der Waals surface area contributed by atoms with Crippen LogP contribution in [0.25, 0.3) is 0 Å². The Balaban J connectivity index is 1.99. The molecule has 2 heterocycles. The molecule has 19 heavy (non-hydrogen) atoms. The predicted octanol–water partition coefficient (Wildman–Crippen LogP) is 0.417. The van der Waals surface area contributed by atoms with Crippen LogP contribution in [0.3, 0.4) is 0 Å². The molecule has 0 atom stereocenters. The first-order valence-electron chi connectivity index (χ1n) is 5.57. The highest BCUT2D eigenvalue weighted by Gasteiger charge is 2.23. The summed E-state index contributed by atoms with van der Waals surface area (Å²) in [6, 6.07) is 2.73. The second-order valence-corrected chi connectivity index (χ2v) is 4.16. The zero-order valence-corrected chi connectivity index (χ0v) is 10.7. The molecular formula is C10H12N4O4S. The van der Waals surface area contributed by atoms with Gasteiger partial charge in [-0.2, -0.15) is 5.10 Å². The number of thiocarbonyl (C=S) groups is 1. The van der Waals surface area contributed by atoms with E-state index in [-0.39, 0.29) is 18.3 Å². The SMILES string of the molecule is O=[N+]([O-])c1ccc(/C=N\N2CCN(CCO)C2=S)o1. The molecule has 0 radical (unpaired) electrons. The molecule has 0 spiro atoms. The van der Waals surface area contributed by atoms with Crippen molar-refractivity contribution in [1.29, 1.82) is 0 Å². The van der Waals surface area contributed by atoms with E-state index in [4.69, 9.17) is 21.7 Å². The van der Waals surface area contributed by atoms with Gasteiger partial charge in [0.2, 0.25) is 0 Å². The summed E-state index contributed by atoms with van der Waals surface area (Å²) in [6.07, 6.45) is 1.38. The molecule has 102 valence electrons. The summed E-state index contributed by atoms with van der Waals surface area (Å²) in [5.74, 6) is -0.0394. The van der Waals surface area contributed by atoms with Crippen LogP contribution in [-0.4, -0.2) is 57.5 Å². The van der Waals surface area contributed by atoms with E-state index in [2.05, 4.69) is 5.10 Å². The molecule has 1 saturated heterocycles. The largest absolute Gasteiger partial charge is 0.433 e. The van der Waals surface area contributed by atoms with Gasteiger partial charge >= 0.3 is 5.88 Å². The summed E-state index contributed by atoms with van der Waals surface area (Å²) in [5.41, 5.74) is 0. The fourth-order valence-corrected chi connectivity index (χ4v) is 1.96. The van der Waals surface area contributed by atoms with Gasteiger partial charge in [0.25, 0.3) is 0 Å². The second kappa shape index (κ2) is 5.76. The Hall–Kier alpha value is -2.00. The number of hydrazone groups is 1. The Morgan fingerprint density at radius 2 is 2.37 bits per heavy atom.